The van der Waals surface area contributed by atoms with E-state index in [2.05, 4.69) is 30.4 Å². The summed E-state index contributed by atoms with van der Waals surface area (Å²) in [4.78, 5) is 18.6. The molecule has 0 radical (unpaired) electrons. The van der Waals surface area contributed by atoms with Gasteiger partial charge in [0.25, 0.3) is 0 Å². The molecule has 1 fully saturated rings. The molecule has 0 saturated carbocycles. The molecular weight excluding hydrogens is 276 g/mol. The normalized spacial score (nSPS) is 15.2. The number of hydrogen-bond donors (Lipinski definition) is 2. The van der Waals surface area contributed by atoms with Crippen LogP contribution in [0.3, 0.4) is 0 Å². The second-order valence-electron chi connectivity index (χ2n) is 4.51. The van der Waals surface area contributed by atoms with Gasteiger partial charge in [-0.05, 0) is 6.92 Å². The standard InChI is InChI=1S/C11H16N8O2/c1-7-14-8(21-18-7)6-13-10-15-9(12)16-11(17-10)19-2-4-20-5-3-19/h2-6H2,1H3,(H3,12,13,15,16,17). The molecule has 1 aliphatic heterocycles. The Bertz CT molecular complexity index is 610. The first-order valence-corrected chi connectivity index (χ1v) is 6.58. The number of hydrogen-bond acceptors (Lipinski definition) is 10. The molecule has 10 nitrogen and oxygen atoms in total. The summed E-state index contributed by atoms with van der Waals surface area (Å²) in [5.41, 5.74) is 5.73. The van der Waals surface area contributed by atoms with Crippen LogP contribution in [0, 0.1) is 6.92 Å². The Hall–Kier alpha value is -2.49. The number of nitrogens with two attached hydrogens (primary N) is 1. The molecule has 2 aromatic rings. The van der Waals surface area contributed by atoms with E-state index in [4.69, 9.17) is 15.0 Å². The van der Waals surface area contributed by atoms with Crippen molar-refractivity contribution in [2.24, 2.45) is 0 Å². The van der Waals surface area contributed by atoms with Crippen LogP contribution in [0.15, 0.2) is 4.52 Å². The van der Waals surface area contributed by atoms with Crippen LogP contribution in [-0.4, -0.2) is 51.4 Å². The molecule has 10 heteroatoms. The van der Waals surface area contributed by atoms with E-state index in [0.29, 0.717) is 43.4 Å². The quantitative estimate of drug-likeness (QED) is 0.767. The maximum Gasteiger partial charge on any atom is 0.246 e. The Labute approximate surface area is 120 Å². The summed E-state index contributed by atoms with van der Waals surface area (Å²) in [6.07, 6.45) is 0. The van der Waals surface area contributed by atoms with Crippen LogP contribution in [0.25, 0.3) is 0 Å². The van der Waals surface area contributed by atoms with E-state index in [1.54, 1.807) is 6.92 Å². The third-order valence-electron chi connectivity index (χ3n) is 2.90. The largest absolute Gasteiger partial charge is 0.378 e. The zero-order valence-corrected chi connectivity index (χ0v) is 11.6. The molecular formula is C11H16N8O2. The Morgan fingerprint density at radius 2 is 2.00 bits per heavy atom. The number of morpholine rings is 1. The average Bonchev–Trinajstić information content (AvgIpc) is 2.91. The first-order valence-electron chi connectivity index (χ1n) is 6.58. The first kappa shape index (κ1) is 13.5. The number of nitrogens with zero attached hydrogens (tertiary/aromatic N) is 6. The highest BCUT2D eigenvalue weighted by Crippen LogP contribution is 2.14. The highest BCUT2D eigenvalue weighted by molar-refractivity contribution is 5.42. The van der Waals surface area contributed by atoms with Crippen molar-refractivity contribution in [3.05, 3.63) is 11.7 Å². The first-order chi connectivity index (χ1) is 10.2. The van der Waals surface area contributed by atoms with Crippen molar-refractivity contribution in [2.75, 3.05) is 42.3 Å². The van der Waals surface area contributed by atoms with E-state index in [0.717, 1.165) is 13.1 Å². The van der Waals surface area contributed by atoms with Crippen LogP contribution >= 0.6 is 0 Å². The average molecular weight is 292 g/mol. The predicted octanol–water partition coefficient (Wildman–Crippen LogP) is -0.406. The smallest absolute Gasteiger partial charge is 0.246 e. The Morgan fingerprint density at radius 3 is 2.71 bits per heavy atom. The van der Waals surface area contributed by atoms with Crippen molar-refractivity contribution in [3.8, 4) is 0 Å². The summed E-state index contributed by atoms with van der Waals surface area (Å²) in [5.74, 6) is 2.11. The van der Waals surface area contributed by atoms with E-state index in [9.17, 15) is 0 Å². The van der Waals surface area contributed by atoms with Gasteiger partial charge >= 0.3 is 0 Å². The molecule has 1 saturated heterocycles. The molecule has 0 unspecified atom stereocenters. The topological polar surface area (TPSA) is 128 Å². The fourth-order valence-electron chi connectivity index (χ4n) is 1.93. The molecule has 0 aromatic carbocycles. The molecule has 0 atom stereocenters. The van der Waals surface area contributed by atoms with Gasteiger partial charge in [0.05, 0.1) is 19.8 Å². The van der Waals surface area contributed by atoms with Gasteiger partial charge in [-0.25, -0.2) is 0 Å². The Morgan fingerprint density at radius 1 is 1.19 bits per heavy atom. The van der Waals surface area contributed by atoms with Crippen LogP contribution in [0.2, 0.25) is 0 Å². The summed E-state index contributed by atoms with van der Waals surface area (Å²) < 4.78 is 10.3. The molecule has 0 bridgehead atoms. The molecule has 0 spiro atoms. The lowest BCUT2D eigenvalue weighted by Gasteiger charge is -2.26. The van der Waals surface area contributed by atoms with E-state index in [1.807, 2.05) is 4.90 Å². The molecule has 3 heterocycles. The lowest BCUT2D eigenvalue weighted by molar-refractivity contribution is 0.122. The van der Waals surface area contributed by atoms with Crippen LogP contribution in [0.5, 0.6) is 0 Å². The highest BCUT2D eigenvalue weighted by atomic mass is 16.5. The van der Waals surface area contributed by atoms with Crippen LogP contribution in [-0.2, 0) is 11.3 Å². The molecule has 3 N–H and O–H groups in total. The second-order valence-corrected chi connectivity index (χ2v) is 4.51. The van der Waals surface area contributed by atoms with Gasteiger partial charge in [0.2, 0.25) is 23.7 Å². The summed E-state index contributed by atoms with van der Waals surface area (Å²) in [7, 11) is 0. The van der Waals surface area contributed by atoms with Gasteiger partial charge in [-0.3, -0.25) is 0 Å². The summed E-state index contributed by atoms with van der Waals surface area (Å²) >= 11 is 0. The maximum absolute atomic E-state index is 5.73. The second kappa shape index (κ2) is 5.87. The number of anilines is 3. The van der Waals surface area contributed by atoms with Gasteiger partial charge in [0.1, 0.15) is 0 Å². The van der Waals surface area contributed by atoms with E-state index in [1.165, 1.54) is 0 Å². The fourth-order valence-corrected chi connectivity index (χ4v) is 1.93. The Balaban J connectivity index is 1.71. The minimum atomic E-state index is 0.163. The Kier molecular flexibility index (Phi) is 3.77. The third-order valence-corrected chi connectivity index (χ3v) is 2.90. The van der Waals surface area contributed by atoms with Crippen LogP contribution < -0.4 is 16.0 Å². The van der Waals surface area contributed by atoms with E-state index < -0.39 is 0 Å². The van der Waals surface area contributed by atoms with Gasteiger partial charge in [0.15, 0.2) is 5.82 Å². The van der Waals surface area contributed by atoms with Crippen LogP contribution in [0.1, 0.15) is 11.7 Å². The molecule has 2 aromatic heterocycles. The number of nitrogen functional groups attached to an aromatic ring is 1. The van der Waals surface area contributed by atoms with Gasteiger partial charge in [-0.15, -0.1) is 0 Å². The number of ether oxygens (including phenoxy) is 1. The van der Waals surface area contributed by atoms with Crippen molar-refractivity contribution in [1.29, 1.82) is 0 Å². The van der Waals surface area contributed by atoms with E-state index in [-0.39, 0.29) is 5.95 Å². The summed E-state index contributed by atoms with van der Waals surface area (Å²) in [6, 6.07) is 0. The van der Waals surface area contributed by atoms with Crippen molar-refractivity contribution in [1.82, 2.24) is 25.1 Å². The molecule has 0 aliphatic carbocycles. The van der Waals surface area contributed by atoms with Gasteiger partial charge < -0.3 is 25.2 Å². The van der Waals surface area contributed by atoms with Gasteiger partial charge in [-0.1, -0.05) is 5.16 Å². The predicted molar refractivity (Wildman–Crippen MR) is 73.6 cm³/mol. The molecule has 3 rings (SSSR count). The van der Waals surface area contributed by atoms with Gasteiger partial charge in [-0.2, -0.15) is 19.9 Å². The SMILES string of the molecule is Cc1noc(CNc2nc(N)nc(N3CCOCC3)n2)n1. The lowest BCUT2D eigenvalue weighted by atomic mass is 10.4. The number of aryl methyl sites for hydroxylation is 1. The molecule has 21 heavy (non-hydrogen) atoms. The molecule has 112 valence electrons. The summed E-state index contributed by atoms with van der Waals surface area (Å²) in [5, 5.41) is 6.71. The zero-order valence-electron chi connectivity index (χ0n) is 11.6. The zero-order chi connectivity index (χ0) is 14.7. The number of aromatic nitrogens is 5. The number of nitrogens with one attached hydrogen (secondary N) is 1. The van der Waals surface area contributed by atoms with E-state index >= 15 is 0 Å². The minimum absolute atomic E-state index is 0.163. The summed E-state index contributed by atoms with van der Waals surface area (Å²) in [6.45, 7) is 4.83. The number of rotatable bonds is 4. The van der Waals surface area contributed by atoms with Crippen molar-refractivity contribution in [2.45, 2.75) is 13.5 Å². The van der Waals surface area contributed by atoms with Gasteiger partial charge in [0, 0.05) is 13.1 Å². The van der Waals surface area contributed by atoms with Crippen molar-refractivity contribution in [3.63, 3.8) is 0 Å². The van der Waals surface area contributed by atoms with Crippen molar-refractivity contribution >= 4 is 17.8 Å². The van der Waals surface area contributed by atoms with Crippen LogP contribution in [0.4, 0.5) is 17.8 Å². The molecule has 1 aliphatic rings. The monoisotopic (exact) mass is 292 g/mol. The highest BCUT2D eigenvalue weighted by Gasteiger charge is 2.16. The fraction of sp³-hybridized carbons (Fsp3) is 0.545. The lowest BCUT2D eigenvalue weighted by Crippen LogP contribution is -2.37. The van der Waals surface area contributed by atoms with Crippen molar-refractivity contribution < 1.29 is 9.26 Å². The third kappa shape index (κ3) is 3.34. The molecule has 0 amide bonds. The maximum atomic E-state index is 5.73. The minimum Gasteiger partial charge on any atom is -0.378 e.